The van der Waals surface area contributed by atoms with Gasteiger partial charge in [-0.25, -0.2) is 4.98 Å². The molecule has 5 aromatic rings. The lowest BCUT2D eigenvalue weighted by Crippen LogP contribution is -2.19. The Labute approximate surface area is 180 Å². The average Bonchev–Trinajstić information content (AvgIpc) is 3.36. The van der Waals surface area contributed by atoms with Gasteiger partial charge >= 0.3 is 6.18 Å². The third kappa shape index (κ3) is 3.37. The molecule has 0 spiro atoms. The molecular weight excluding hydrogens is 449 g/mol. The molecule has 0 fully saturated rings. The predicted octanol–water partition coefficient (Wildman–Crippen LogP) is 4.27. The summed E-state index contributed by atoms with van der Waals surface area (Å²) in [6.45, 7) is 0. The summed E-state index contributed by atoms with van der Waals surface area (Å²) < 4.78 is 41.4. The molecule has 1 aromatic carbocycles. The summed E-state index contributed by atoms with van der Waals surface area (Å²) in [6, 6.07) is 12.4. The lowest BCUT2D eigenvalue weighted by molar-refractivity contribution is -0.146. The summed E-state index contributed by atoms with van der Waals surface area (Å²) in [4.78, 5) is 18.2. The summed E-state index contributed by atoms with van der Waals surface area (Å²) in [5.41, 5.74) is 1.44. The van der Waals surface area contributed by atoms with Gasteiger partial charge in [0.2, 0.25) is 0 Å². The highest BCUT2D eigenvalue weighted by molar-refractivity contribution is 7.99. The molecule has 0 saturated carbocycles. The van der Waals surface area contributed by atoms with Crippen molar-refractivity contribution < 1.29 is 13.2 Å². The Hall–Kier alpha value is -3.25. The van der Waals surface area contributed by atoms with E-state index in [-0.39, 0.29) is 16.2 Å². The van der Waals surface area contributed by atoms with Crippen LogP contribution in [0.1, 0.15) is 5.82 Å². The first-order chi connectivity index (χ1) is 14.8. The van der Waals surface area contributed by atoms with Gasteiger partial charge in [-0.3, -0.25) is 9.36 Å². The molecule has 7 nitrogen and oxygen atoms in total. The standard InChI is InChI=1S/C19H11F3N6OS2/c1-27-16(29)14-11(10-5-3-2-4-6-10)9-30-15(14)23-18(27)31-13-8-7-12-24-25-17(19(20,21)22)28(12)26-13/h2-9H,1H3. The minimum Gasteiger partial charge on any atom is -0.290 e. The van der Waals surface area contributed by atoms with Crippen LogP contribution in [0.2, 0.25) is 0 Å². The second-order valence-electron chi connectivity index (χ2n) is 6.52. The van der Waals surface area contributed by atoms with Crippen molar-refractivity contribution in [3.8, 4) is 11.1 Å². The van der Waals surface area contributed by atoms with E-state index < -0.39 is 12.0 Å². The van der Waals surface area contributed by atoms with Gasteiger partial charge in [-0.15, -0.1) is 21.5 Å². The molecule has 0 aliphatic heterocycles. The fraction of sp³-hybridized carbons (Fsp3) is 0.105. The van der Waals surface area contributed by atoms with Gasteiger partial charge in [0, 0.05) is 18.0 Å². The Morgan fingerprint density at radius 2 is 1.84 bits per heavy atom. The largest absolute Gasteiger partial charge is 0.453 e. The van der Waals surface area contributed by atoms with Crippen LogP contribution in [0, 0.1) is 0 Å². The minimum atomic E-state index is -4.69. The summed E-state index contributed by atoms with van der Waals surface area (Å²) in [5.74, 6) is -1.21. The molecule has 0 aliphatic carbocycles. The third-order valence-corrected chi connectivity index (χ3v) is 6.39. The molecule has 0 saturated heterocycles. The van der Waals surface area contributed by atoms with Crippen molar-refractivity contribution in [2.75, 3.05) is 0 Å². The molecule has 156 valence electrons. The highest BCUT2D eigenvalue weighted by atomic mass is 32.2. The van der Waals surface area contributed by atoms with E-state index >= 15 is 0 Å². The van der Waals surface area contributed by atoms with Crippen molar-refractivity contribution >= 4 is 39.0 Å². The van der Waals surface area contributed by atoms with Crippen molar-refractivity contribution in [3.63, 3.8) is 0 Å². The highest BCUT2D eigenvalue weighted by Gasteiger charge is 2.37. The number of halogens is 3. The molecule has 0 unspecified atom stereocenters. The van der Waals surface area contributed by atoms with E-state index in [1.54, 1.807) is 7.05 Å². The van der Waals surface area contributed by atoms with Crippen molar-refractivity contribution in [1.82, 2.24) is 29.4 Å². The first-order valence-corrected chi connectivity index (χ1v) is 10.5. The number of hydrogen-bond acceptors (Lipinski definition) is 7. The van der Waals surface area contributed by atoms with Gasteiger partial charge < -0.3 is 0 Å². The molecular formula is C19H11F3N6OS2. The molecule has 0 bridgehead atoms. The van der Waals surface area contributed by atoms with Crippen molar-refractivity contribution in [2.45, 2.75) is 16.4 Å². The van der Waals surface area contributed by atoms with E-state index in [9.17, 15) is 18.0 Å². The molecule has 0 atom stereocenters. The Kier molecular flexibility index (Phi) is 4.55. The SMILES string of the molecule is Cn1c(Sc2ccc3nnc(C(F)(F)F)n3n2)nc2scc(-c3ccccc3)c2c1=O. The molecule has 12 heteroatoms. The zero-order valence-electron chi connectivity index (χ0n) is 15.7. The van der Waals surface area contributed by atoms with Crippen molar-refractivity contribution in [1.29, 1.82) is 0 Å². The predicted molar refractivity (Wildman–Crippen MR) is 110 cm³/mol. The van der Waals surface area contributed by atoms with Gasteiger partial charge in [0.1, 0.15) is 9.86 Å². The number of thiophene rings is 1. The van der Waals surface area contributed by atoms with Crippen molar-refractivity contribution in [2.24, 2.45) is 7.05 Å². The van der Waals surface area contributed by atoms with Gasteiger partial charge in [-0.2, -0.15) is 22.8 Å². The first-order valence-electron chi connectivity index (χ1n) is 8.84. The number of fused-ring (bicyclic) bond motifs is 2. The highest BCUT2D eigenvalue weighted by Crippen LogP contribution is 2.33. The van der Waals surface area contributed by atoms with Gasteiger partial charge in [-0.1, -0.05) is 30.3 Å². The Morgan fingerprint density at radius 3 is 2.58 bits per heavy atom. The fourth-order valence-electron chi connectivity index (χ4n) is 3.07. The summed E-state index contributed by atoms with van der Waals surface area (Å²) in [5, 5.41) is 13.6. The number of alkyl halides is 3. The number of aromatic nitrogens is 6. The van der Waals surface area contributed by atoms with E-state index in [4.69, 9.17) is 0 Å². The van der Waals surface area contributed by atoms with Crippen LogP contribution >= 0.6 is 23.1 Å². The van der Waals surface area contributed by atoms with E-state index in [1.807, 2.05) is 35.7 Å². The molecule has 5 rings (SSSR count). The van der Waals surface area contributed by atoms with Crippen LogP contribution in [0.15, 0.2) is 62.8 Å². The summed E-state index contributed by atoms with van der Waals surface area (Å²) in [6.07, 6.45) is -4.69. The number of nitrogens with zero attached hydrogens (tertiary/aromatic N) is 6. The fourth-order valence-corrected chi connectivity index (χ4v) is 4.87. The Bertz CT molecular complexity index is 1490. The molecule has 0 amide bonds. The van der Waals surface area contributed by atoms with E-state index in [1.165, 1.54) is 28.0 Å². The molecule has 31 heavy (non-hydrogen) atoms. The van der Waals surface area contributed by atoms with E-state index in [0.717, 1.165) is 22.9 Å². The second-order valence-corrected chi connectivity index (χ2v) is 8.36. The smallest absolute Gasteiger partial charge is 0.290 e. The zero-order valence-corrected chi connectivity index (χ0v) is 17.3. The van der Waals surface area contributed by atoms with Gasteiger partial charge in [0.15, 0.2) is 10.8 Å². The van der Waals surface area contributed by atoms with E-state index in [2.05, 4.69) is 20.3 Å². The maximum atomic E-state index is 13.1. The van der Waals surface area contributed by atoms with E-state index in [0.29, 0.717) is 19.9 Å². The topological polar surface area (TPSA) is 78.0 Å². The van der Waals surface area contributed by atoms with Crippen molar-refractivity contribution in [3.05, 3.63) is 64.0 Å². The lowest BCUT2D eigenvalue weighted by atomic mass is 10.1. The minimum absolute atomic E-state index is 0.0280. The van der Waals surface area contributed by atoms with Crippen LogP contribution in [0.25, 0.3) is 27.0 Å². The molecule has 0 aliphatic rings. The maximum Gasteiger partial charge on any atom is 0.453 e. The number of benzene rings is 1. The van der Waals surface area contributed by atoms with Crippen LogP contribution in [0.3, 0.4) is 0 Å². The summed E-state index contributed by atoms with van der Waals surface area (Å²) >= 11 is 2.32. The third-order valence-electron chi connectivity index (χ3n) is 4.55. The first kappa shape index (κ1) is 19.7. The van der Waals surface area contributed by atoms with Gasteiger partial charge in [0.05, 0.1) is 5.39 Å². The van der Waals surface area contributed by atoms with Gasteiger partial charge in [-0.05, 0) is 29.5 Å². The quantitative estimate of drug-likeness (QED) is 0.374. The molecule has 0 radical (unpaired) electrons. The maximum absolute atomic E-state index is 13.1. The van der Waals surface area contributed by atoms with Crippen LogP contribution in [0.5, 0.6) is 0 Å². The van der Waals surface area contributed by atoms with Gasteiger partial charge in [0.25, 0.3) is 11.4 Å². The lowest BCUT2D eigenvalue weighted by Gasteiger charge is -2.08. The Morgan fingerprint density at radius 1 is 1.06 bits per heavy atom. The van der Waals surface area contributed by atoms with Crippen LogP contribution < -0.4 is 5.56 Å². The monoisotopic (exact) mass is 460 g/mol. The normalized spacial score (nSPS) is 12.1. The zero-order chi connectivity index (χ0) is 21.8. The van der Waals surface area contributed by atoms with Crippen LogP contribution in [-0.2, 0) is 13.2 Å². The second kappa shape index (κ2) is 7.17. The molecule has 4 aromatic heterocycles. The average molecular weight is 460 g/mol. The van der Waals surface area contributed by atoms with Crippen LogP contribution in [-0.4, -0.2) is 29.4 Å². The number of rotatable bonds is 3. The molecule has 4 heterocycles. The summed E-state index contributed by atoms with van der Waals surface area (Å²) in [7, 11) is 1.57. The molecule has 0 N–H and O–H groups in total. The Balaban J connectivity index is 1.59. The number of hydrogen-bond donors (Lipinski definition) is 0. The van der Waals surface area contributed by atoms with Crippen LogP contribution in [0.4, 0.5) is 13.2 Å².